The number of carbonyl (C=O) groups is 2. The van der Waals surface area contributed by atoms with E-state index < -0.39 is 12.1 Å². The molecule has 0 saturated heterocycles. The van der Waals surface area contributed by atoms with E-state index in [1.165, 1.54) is 23.4 Å². The van der Waals surface area contributed by atoms with Crippen molar-refractivity contribution in [2.75, 3.05) is 7.11 Å². The summed E-state index contributed by atoms with van der Waals surface area (Å²) in [6.07, 6.45) is 0.795. The summed E-state index contributed by atoms with van der Waals surface area (Å²) in [7, 11) is 1.32. The molecule has 0 N–H and O–H groups in total. The first-order valence-corrected chi connectivity index (χ1v) is 9.22. The molecule has 2 aromatic carbocycles. The van der Waals surface area contributed by atoms with Crippen molar-refractivity contribution in [1.82, 2.24) is 4.57 Å². The van der Waals surface area contributed by atoms with E-state index in [2.05, 4.69) is 20.8 Å². The molecule has 0 saturated carbocycles. The Morgan fingerprint density at radius 2 is 1.64 bits per heavy atom. The van der Waals surface area contributed by atoms with Gasteiger partial charge in [0, 0.05) is 11.6 Å². The summed E-state index contributed by atoms with van der Waals surface area (Å²) in [4.78, 5) is 25.1. The lowest BCUT2D eigenvalue weighted by Gasteiger charge is -2.20. The Balaban J connectivity index is 1.87. The number of hydrogen-bond donors (Lipinski definition) is 0. The minimum Gasteiger partial charge on any atom is -0.481 e. The van der Waals surface area contributed by atoms with E-state index in [4.69, 9.17) is 9.47 Å². The van der Waals surface area contributed by atoms with Gasteiger partial charge in [0.1, 0.15) is 5.75 Å². The molecule has 0 unspecified atom stereocenters. The highest BCUT2D eigenvalue weighted by molar-refractivity contribution is 6.07. The smallest absolute Gasteiger partial charge is 0.340 e. The highest BCUT2D eigenvalue weighted by Crippen LogP contribution is 2.26. The third-order valence-electron chi connectivity index (χ3n) is 4.74. The molecule has 0 bridgehead atoms. The fraction of sp³-hybridized carbons (Fsp3) is 0.304. The fourth-order valence-corrected chi connectivity index (χ4v) is 3.12. The molecular formula is C23H25NO4. The molecular weight excluding hydrogens is 354 g/mol. The molecule has 1 aromatic heterocycles. The molecule has 28 heavy (non-hydrogen) atoms. The lowest BCUT2D eigenvalue weighted by molar-refractivity contribution is 0.0602. The maximum absolute atomic E-state index is 13.0. The molecule has 0 aliphatic rings. The molecule has 5 heteroatoms. The van der Waals surface area contributed by atoms with Gasteiger partial charge in [0.05, 0.1) is 18.2 Å². The lowest BCUT2D eigenvalue weighted by Crippen LogP contribution is -2.28. The van der Waals surface area contributed by atoms with E-state index in [1.807, 2.05) is 36.4 Å². The lowest BCUT2D eigenvalue weighted by atomic mass is 9.87. The van der Waals surface area contributed by atoms with Crippen molar-refractivity contribution < 1.29 is 19.1 Å². The molecule has 3 rings (SSSR count). The van der Waals surface area contributed by atoms with E-state index in [0.29, 0.717) is 22.2 Å². The molecule has 0 fully saturated rings. The van der Waals surface area contributed by atoms with Crippen LogP contribution in [0.3, 0.4) is 0 Å². The van der Waals surface area contributed by atoms with Crippen LogP contribution in [0.4, 0.5) is 0 Å². The second-order valence-corrected chi connectivity index (χ2v) is 7.79. The minimum atomic E-state index is -0.721. The summed E-state index contributed by atoms with van der Waals surface area (Å²) in [6.45, 7) is 8.13. The van der Waals surface area contributed by atoms with Gasteiger partial charge in [0.15, 0.2) is 6.10 Å². The predicted molar refractivity (Wildman–Crippen MR) is 109 cm³/mol. The molecule has 1 heterocycles. The van der Waals surface area contributed by atoms with Crippen LogP contribution in [0.2, 0.25) is 0 Å². The van der Waals surface area contributed by atoms with Gasteiger partial charge in [-0.2, -0.15) is 0 Å². The van der Waals surface area contributed by atoms with E-state index >= 15 is 0 Å². The Hall–Kier alpha value is -3.08. The number of hydrogen-bond acceptors (Lipinski definition) is 4. The maximum Gasteiger partial charge on any atom is 0.340 e. The molecule has 3 aromatic rings. The number of rotatable bonds is 4. The van der Waals surface area contributed by atoms with Crippen molar-refractivity contribution in [3.05, 3.63) is 65.9 Å². The number of ether oxygens (including phenoxy) is 2. The first-order chi connectivity index (χ1) is 13.2. The van der Waals surface area contributed by atoms with Gasteiger partial charge in [0.25, 0.3) is 5.91 Å². The van der Waals surface area contributed by atoms with Crippen LogP contribution in [0.15, 0.2) is 54.7 Å². The van der Waals surface area contributed by atoms with Crippen molar-refractivity contribution in [2.45, 2.75) is 39.2 Å². The van der Waals surface area contributed by atoms with Crippen molar-refractivity contribution in [3.8, 4) is 5.75 Å². The molecule has 0 spiro atoms. The van der Waals surface area contributed by atoms with Gasteiger partial charge in [0.2, 0.25) is 0 Å². The predicted octanol–water partition coefficient (Wildman–Crippen LogP) is 4.83. The van der Waals surface area contributed by atoms with E-state index in [9.17, 15) is 9.59 Å². The van der Waals surface area contributed by atoms with E-state index in [1.54, 1.807) is 19.1 Å². The van der Waals surface area contributed by atoms with E-state index in [0.717, 1.165) is 0 Å². The molecule has 146 valence electrons. The number of methoxy groups -OCH3 is 1. The Morgan fingerprint density at radius 1 is 1.00 bits per heavy atom. The number of esters is 1. The number of fused-ring (bicyclic) bond motifs is 1. The summed E-state index contributed by atoms with van der Waals surface area (Å²) in [5.41, 5.74) is 2.24. The average Bonchev–Trinajstić information content (AvgIpc) is 3.06. The van der Waals surface area contributed by atoms with Gasteiger partial charge >= 0.3 is 5.97 Å². The fourth-order valence-electron chi connectivity index (χ4n) is 3.12. The normalized spacial score (nSPS) is 12.6. The monoisotopic (exact) mass is 379 g/mol. The first kappa shape index (κ1) is 19.7. The highest BCUT2D eigenvalue weighted by Gasteiger charge is 2.23. The molecule has 5 nitrogen and oxygen atoms in total. The molecule has 0 aliphatic heterocycles. The molecule has 1 atom stereocenters. The Morgan fingerprint density at radius 3 is 2.25 bits per heavy atom. The van der Waals surface area contributed by atoms with Gasteiger partial charge < -0.3 is 9.47 Å². The van der Waals surface area contributed by atoms with Gasteiger partial charge in [-0.05, 0) is 36.1 Å². The Labute approximate surface area is 164 Å². The SMILES string of the molecule is COC(=O)c1cn(C(=O)[C@@H](C)Oc2ccc(C(C)(C)C)cc2)c2ccccc12. The van der Waals surface area contributed by atoms with Gasteiger partial charge in [-0.15, -0.1) is 0 Å². The standard InChI is InChI=1S/C23H25NO4/c1-15(28-17-12-10-16(11-13-17)23(2,3)4)21(25)24-14-19(22(26)27-5)18-8-6-7-9-20(18)24/h6-15H,1-5H3/t15-/m1/s1. The summed E-state index contributed by atoms with van der Waals surface area (Å²) >= 11 is 0. The van der Waals surface area contributed by atoms with Crippen LogP contribution in [-0.2, 0) is 10.2 Å². The van der Waals surface area contributed by atoms with Crippen LogP contribution in [0.25, 0.3) is 10.9 Å². The zero-order valence-corrected chi connectivity index (χ0v) is 16.9. The summed E-state index contributed by atoms with van der Waals surface area (Å²) in [5, 5.41) is 0.671. The van der Waals surface area contributed by atoms with Crippen molar-refractivity contribution >= 4 is 22.8 Å². The van der Waals surface area contributed by atoms with Gasteiger partial charge in [-0.1, -0.05) is 51.1 Å². The Bertz CT molecular complexity index is 1010. The summed E-state index contributed by atoms with van der Waals surface area (Å²) in [5.74, 6) is -0.112. The van der Waals surface area contributed by atoms with Crippen LogP contribution in [0, 0.1) is 0 Å². The van der Waals surface area contributed by atoms with Crippen LogP contribution in [0.5, 0.6) is 5.75 Å². The van der Waals surface area contributed by atoms with E-state index in [-0.39, 0.29) is 11.3 Å². The number of para-hydroxylation sites is 1. The number of aromatic nitrogens is 1. The quantitative estimate of drug-likeness (QED) is 0.609. The number of nitrogens with zero attached hydrogens (tertiary/aromatic N) is 1. The molecule has 0 aliphatic carbocycles. The van der Waals surface area contributed by atoms with Crippen LogP contribution in [-0.4, -0.2) is 29.7 Å². The zero-order valence-electron chi connectivity index (χ0n) is 16.9. The average molecular weight is 379 g/mol. The zero-order chi connectivity index (χ0) is 20.5. The molecule has 0 radical (unpaired) electrons. The first-order valence-electron chi connectivity index (χ1n) is 9.22. The van der Waals surface area contributed by atoms with Crippen LogP contribution >= 0.6 is 0 Å². The van der Waals surface area contributed by atoms with Gasteiger partial charge in [-0.25, -0.2) is 4.79 Å². The summed E-state index contributed by atoms with van der Waals surface area (Å²) in [6, 6.07) is 15.0. The molecule has 0 amide bonds. The third-order valence-corrected chi connectivity index (χ3v) is 4.74. The van der Waals surface area contributed by atoms with Crippen molar-refractivity contribution in [3.63, 3.8) is 0 Å². The largest absolute Gasteiger partial charge is 0.481 e. The Kier molecular flexibility index (Phi) is 5.27. The third kappa shape index (κ3) is 3.79. The highest BCUT2D eigenvalue weighted by atomic mass is 16.5. The second kappa shape index (κ2) is 7.50. The number of benzene rings is 2. The topological polar surface area (TPSA) is 57.5 Å². The van der Waals surface area contributed by atoms with Crippen molar-refractivity contribution in [1.29, 1.82) is 0 Å². The number of carbonyl (C=O) groups excluding carboxylic acids is 2. The summed E-state index contributed by atoms with van der Waals surface area (Å²) < 4.78 is 12.1. The van der Waals surface area contributed by atoms with Gasteiger partial charge in [-0.3, -0.25) is 9.36 Å². The van der Waals surface area contributed by atoms with Crippen molar-refractivity contribution in [2.24, 2.45) is 0 Å². The minimum absolute atomic E-state index is 0.0499. The second-order valence-electron chi connectivity index (χ2n) is 7.79. The van der Waals surface area contributed by atoms with Crippen LogP contribution < -0.4 is 4.74 Å². The van der Waals surface area contributed by atoms with Crippen LogP contribution in [0.1, 0.15) is 48.4 Å². The maximum atomic E-state index is 13.0.